The van der Waals surface area contributed by atoms with Crippen LogP contribution >= 0.6 is 0 Å². The second kappa shape index (κ2) is 7.28. The van der Waals surface area contributed by atoms with Crippen molar-refractivity contribution in [2.24, 2.45) is 5.92 Å². The molecule has 1 aliphatic heterocycles. The summed E-state index contributed by atoms with van der Waals surface area (Å²) < 4.78 is 0. The van der Waals surface area contributed by atoms with Crippen LogP contribution in [0, 0.1) is 12.8 Å². The highest BCUT2D eigenvalue weighted by atomic mass is 16.2. The SMILES string of the molecule is CCNCC1CCN(C(=O)C(C)(C)c2ccc(C)cc2)CC1. The summed E-state index contributed by atoms with van der Waals surface area (Å²) in [6.07, 6.45) is 2.23. The van der Waals surface area contributed by atoms with E-state index in [1.54, 1.807) is 0 Å². The molecule has 1 N–H and O–H groups in total. The first kappa shape index (κ1) is 17.0. The molecule has 3 nitrogen and oxygen atoms in total. The summed E-state index contributed by atoms with van der Waals surface area (Å²) in [4.78, 5) is 15.0. The van der Waals surface area contributed by atoms with E-state index in [9.17, 15) is 4.79 Å². The lowest BCUT2D eigenvalue weighted by Crippen LogP contribution is -2.47. The van der Waals surface area contributed by atoms with Crippen molar-refractivity contribution in [1.82, 2.24) is 10.2 Å². The average molecular weight is 302 g/mol. The molecule has 1 aromatic carbocycles. The van der Waals surface area contributed by atoms with E-state index >= 15 is 0 Å². The molecule has 0 saturated carbocycles. The van der Waals surface area contributed by atoms with E-state index in [2.05, 4.69) is 48.3 Å². The number of nitrogens with zero attached hydrogens (tertiary/aromatic N) is 1. The summed E-state index contributed by atoms with van der Waals surface area (Å²) >= 11 is 0. The van der Waals surface area contributed by atoms with Gasteiger partial charge in [0.2, 0.25) is 5.91 Å². The molecule has 0 atom stereocenters. The zero-order valence-corrected chi connectivity index (χ0v) is 14.5. The number of rotatable bonds is 5. The minimum absolute atomic E-state index is 0.262. The standard InChI is InChI=1S/C19H30N2O/c1-5-20-14-16-10-12-21(13-11-16)18(22)19(3,4)17-8-6-15(2)7-9-17/h6-9,16,20H,5,10-14H2,1-4H3. The molecular weight excluding hydrogens is 272 g/mol. The van der Waals surface area contributed by atoms with Crippen LogP contribution in [0.5, 0.6) is 0 Å². The van der Waals surface area contributed by atoms with Crippen molar-refractivity contribution < 1.29 is 4.79 Å². The number of nitrogens with one attached hydrogen (secondary N) is 1. The smallest absolute Gasteiger partial charge is 0.232 e. The molecule has 0 bridgehead atoms. The van der Waals surface area contributed by atoms with Crippen molar-refractivity contribution in [3.8, 4) is 0 Å². The van der Waals surface area contributed by atoms with Crippen molar-refractivity contribution in [3.63, 3.8) is 0 Å². The fourth-order valence-corrected chi connectivity index (χ4v) is 3.18. The van der Waals surface area contributed by atoms with Crippen LogP contribution in [0.3, 0.4) is 0 Å². The molecule has 1 heterocycles. The molecule has 1 fully saturated rings. The van der Waals surface area contributed by atoms with Crippen molar-refractivity contribution in [3.05, 3.63) is 35.4 Å². The number of hydrogen-bond donors (Lipinski definition) is 1. The Morgan fingerprint density at radius 1 is 1.23 bits per heavy atom. The summed E-state index contributed by atoms with van der Waals surface area (Å²) in [5.41, 5.74) is 1.90. The maximum absolute atomic E-state index is 12.9. The van der Waals surface area contributed by atoms with E-state index in [4.69, 9.17) is 0 Å². The van der Waals surface area contributed by atoms with Gasteiger partial charge in [0.25, 0.3) is 0 Å². The molecule has 2 rings (SSSR count). The number of carbonyl (C=O) groups excluding carboxylic acids is 1. The van der Waals surface area contributed by atoms with E-state index in [1.165, 1.54) is 5.56 Å². The predicted octanol–water partition coefficient (Wildman–Crippen LogP) is 3.12. The normalized spacial score (nSPS) is 16.8. The van der Waals surface area contributed by atoms with Gasteiger partial charge in [-0.3, -0.25) is 4.79 Å². The molecule has 0 aliphatic carbocycles. The van der Waals surface area contributed by atoms with Gasteiger partial charge in [0.1, 0.15) is 0 Å². The van der Waals surface area contributed by atoms with Gasteiger partial charge in [-0.1, -0.05) is 36.8 Å². The highest BCUT2D eigenvalue weighted by Gasteiger charge is 2.35. The van der Waals surface area contributed by atoms with E-state index < -0.39 is 5.41 Å². The second-order valence-electron chi connectivity index (χ2n) is 7.03. The van der Waals surface area contributed by atoms with Gasteiger partial charge in [-0.2, -0.15) is 0 Å². The Kier molecular flexibility index (Phi) is 5.63. The number of piperidine rings is 1. The average Bonchev–Trinajstić information content (AvgIpc) is 2.53. The molecule has 3 heteroatoms. The van der Waals surface area contributed by atoms with Crippen LogP contribution < -0.4 is 5.32 Å². The summed E-state index contributed by atoms with van der Waals surface area (Å²) in [6, 6.07) is 8.36. The van der Waals surface area contributed by atoms with Crippen LogP contribution in [0.4, 0.5) is 0 Å². The molecule has 1 aromatic rings. The van der Waals surface area contributed by atoms with Crippen molar-refractivity contribution in [2.45, 2.75) is 46.0 Å². The van der Waals surface area contributed by atoms with Gasteiger partial charge in [-0.05, 0) is 58.2 Å². The lowest BCUT2D eigenvalue weighted by Gasteiger charge is -2.37. The van der Waals surface area contributed by atoms with Crippen LogP contribution in [0.1, 0.15) is 44.7 Å². The summed E-state index contributed by atoms with van der Waals surface area (Å²) in [6.45, 7) is 12.2. The third kappa shape index (κ3) is 3.89. The molecule has 0 aromatic heterocycles. The Hall–Kier alpha value is -1.35. The maximum Gasteiger partial charge on any atom is 0.232 e. The summed E-state index contributed by atoms with van der Waals surface area (Å²) in [5.74, 6) is 0.977. The summed E-state index contributed by atoms with van der Waals surface area (Å²) in [5, 5.41) is 3.42. The van der Waals surface area contributed by atoms with Crippen LogP contribution in [0.15, 0.2) is 24.3 Å². The maximum atomic E-state index is 12.9. The van der Waals surface area contributed by atoms with Gasteiger partial charge in [0, 0.05) is 13.1 Å². The van der Waals surface area contributed by atoms with Gasteiger partial charge in [-0.15, -0.1) is 0 Å². The first-order valence-corrected chi connectivity index (χ1v) is 8.52. The van der Waals surface area contributed by atoms with E-state index in [0.717, 1.165) is 44.6 Å². The molecule has 0 spiro atoms. The zero-order valence-electron chi connectivity index (χ0n) is 14.5. The zero-order chi connectivity index (χ0) is 16.2. The Bertz CT molecular complexity index is 485. The van der Waals surface area contributed by atoms with Crippen LogP contribution in [-0.4, -0.2) is 37.0 Å². The van der Waals surface area contributed by atoms with Crippen molar-refractivity contribution in [1.29, 1.82) is 0 Å². The molecule has 1 amide bonds. The first-order chi connectivity index (χ1) is 10.4. The number of amides is 1. The van der Waals surface area contributed by atoms with Gasteiger partial charge in [0.15, 0.2) is 0 Å². The Labute approximate surface area is 135 Å². The van der Waals surface area contributed by atoms with Crippen LogP contribution in [0.2, 0.25) is 0 Å². The number of aryl methyl sites for hydroxylation is 1. The largest absolute Gasteiger partial charge is 0.342 e. The molecule has 1 saturated heterocycles. The lowest BCUT2D eigenvalue weighted by atomic mass is 9.82. The fourth-order valence-electron chi connectivity index (χ4n) is 3.18. The minimum Gasteiger partial charge on any atom is -0.342 e. The highest BCUT2D eigenvalue weighted by Crippen LogP contribution is 2.28. The third-order valence-electron chi connectivity index (χ3n) is 4.89. The monoisotopic (exact) mass is 302 g/mol. The van der Waals surface area contributed by atoms with E-state index in [-0.39, 0.29) is 5.91 Å². The topological polar surface area (TPSA) is 32.3 Å². The van der Waals surface area contributed by atoms with Gasteiger partial charge in [-0.25, -0.2) is 0 Å². The molecule has 0 unspecified atom stereocenters. The fraction of sp³-hybridized carbons (Fsp3) is 0.632. The van der Waals surface area contributed by atoms with Crippen molar-refractivity contribution in [2.75, 3.05) is 26.2 Å². The molecule has 122 valence electrons. The first-order valence-electron chi connectivity index (χ1n) is 8.52. The number of benzene rings is 1. The lowest BCUT2D eigenvalue weighted by molar-refractivity contribution is -0.137. The molecule has 0 radical (unpaired) electrons. The Morgan fingerprint density at radius 2 is 1.82 bits per heavy atom. The quantitative estimate of drug-likeness (QED) is 0.906. The van der Waals surface area contributed by atoms with E-state index in [0.29, 0.717) is 5.92 Å². The molecular formula is C19H30N2O. The number of carbonyl (C=O) groups is 1. The Morgan fingerprint density at radius 3 is 2.36 bits per heavy atom. The minimum atomic E-state index is -0.442. The third-order valence-corrected chi connectivity index (χ3v) is 4.89. The van der Waals surface area contributed by atoms with Crippen LogP contribution in [-0.2, 0) is 10.2 Å². The Balaban J connectivity index is 1.98. The molecule has 1 aliphatic rings. The van der Waals surface area contributed by atoms with Crippen LogP contribution in [0.25, 0.3) is 0 Å². The highest BCUT2D eigenvalue weighted by molar-refractivity contribution is 5.87. The van der Waals surface area contributed by atoms with Gasteiger partial charge in [0.05, 0.1) is 5.41 Å². The van der Waals surface area contributed by atoms with Gasteiger partial charge < -0.3 is 10.2 Å². The van der Waals surface area contributed by atoms with Gasteiger partial charge >= 0.3 is 0 Å². The predicted molar refractivity (Wildman–Crippen MR) is 92.1 cm³/mol. The summed E-state index contributed by atoms with van der Waals surface area (Å²) in [7, 11) is 0. The number of likely N-dealkylation sites (tertiary alicyclic amines) is 1. The van der Waals surface area contributed by atoms with E-state index in [1.807, 2.05) is 13.8 Å². The number of hydrogen-bond acceptors (Lipinski definition) is 2. The molecule has 22 heavy (non-hydrogen) atoms. The van der Waals surface area contributed by atoms with Crippen molar-refractivity contribution >= 4 is 5.91 Å². The second-order valence-corrected chi connectivity index (χ2v) is 7.03.